The number of nitrogens with zero attached hydrogens (tertiary/aromatic N) is 5. The Balaban J connectivity index is 1.19. The number of nitrogens with one attached hydrogen (secondary N) is 2. The highest BCUT2D eigenvalue weighted by Crippen LogP contribution is 2.50. The van der Waals surface area contributed by atoms with Crippen molar-refractivity contribution in [1.29, 1.82) is 0 Å². The summed E-state index contributed by atoms with van der Waals surface area (Å²) in [5.74, 6) is -1.34. The van der Waals surface area contributed by atoms with Gasteiger partial charge in [0.25, 0.3) is 11.1 Å². The lowest BCUT2D eigenvalue weighted by atomic mass is 10.1. The van der Waals surface area contributed by atoms with Crippen LogP contribution in [0.3, 0.4) is 0 Å². The third-order valence-corrected chi connectivity index (χ3v) is 8.57. The highest BCUT2D eigenvalue weighted by molar-refractivity contribution is 7.47. The summed E-state index contributed by atoms with van der Waals surface area (Å²) in [6.07, 6.45) is -9.00. The standard InChI is InChI=1S/C21H24F2N8O13P2/c22-8-1-7(42-19(8)31-6-27-12-16(31)28-21(24)29-18(12)34)3-41-46(38,39)44-14-13(32)10(4-40-45(35,36)37)43-20(14)30-2-9(23)11-15(30)25-5-26-17(11)33/h2,5-8,10,13-14,19-20,32H,1,3-4H2,(H,38,39)(H,25,26,33)(H2,35,36,37)(H3,24,28,29,34)/t7-,8+,10+,13+,14+,19+,20+/m0/s1. The molecule has 21 nitrogen and oxygen atoms in total. The van der Waals surface area contributed by atoms with Crippen LogP contribution in [0.15, 0.2) is 28.4 Å². The first-order valence-corrected chi connectivity index (χ1v) is 16.1. The number of phosphoric acid groups is 2. The Morgan fingerprint density at radius 1 is 1.07 bits per heavy atom. The van der Waals surface area contributed by atoms with Gasteiger partial charge in [-0.25, -0.2) is 27.9 Å². The van der Waals surface area contributed by atoms with E-state index >= 15 is 4.39 Å². The second kappa shape index (κ2) is 12.0. The van der Waals surface area contributed by atoms with Crippen molar-refractivity contribution >= 4 is 43.8 Å². The van der Waals surface area contributed by atoms with Gasteiger partial charge in [0.15, 0.2) is 35.1 Å². The normalized spacial score (nSPS) is 28.3. The molecule has 0 saturated carbocycles. The van der Waals surface area contributed by atoms with Crippen molar-refractivity contribution in [1.82, 2.24) is 34.1 Å². The number of ether oxygens (including phenoxy) is 2. The second-order valence-electron chi connectivity index (χ2n) is 10.2. The maximum atomic E-state index is 15.0. The zero-order valence-electron chi connectivity index (χ0n) is 22.8. The van der Waals surface area contributed by atoms with Crippen molar-refractivity contribution in [3.05, 3.63) is 45.4 Å². The first kappa shape index (κ1) is 32.5. The number of rotatable bonds is 10. The van der Waals surface area contributed by atoms with Crippen LogP contribution in [-0.4, -0.2) is 97.6 Å². The first-order chi connectivity index (χ1) is 21.6. The molecule has 0 radical (unpaired) electrons. The Labute approximate surface area is 252 Å². The Hall–Kier alpha value is -3.47. The lowest BCUT2D eigenvalue weighted by Crippen LogP contribution is -2.35. The number of aromatic amines is 2. The van der Waals surface area contributed by atoms with E-state index in [-0.39, 0.29) is 29.2 Å². The molecule has 4 aromatic heterocycles. The molecule has 2 aliphatic heterocycles. The molecule has 1 unspecified atom stereocenters. The van der Waals surface area contributed by atoms with E-state index in [2.05, 4.69) is 29.4 Å². The van der Waals surface area contributed by atoms with Gasteiger partial charge in [-0.1, -0.05) is 0 Å². The predicted octanol–water partition coefficient (Wildman–Crippen LogP) is -0.925. The molecule has 2 fully saturated rings. The van der Waals surface area contributed by atoms with Crippen LogP contribution >= 0.6 is 15.6 Å². The van der Waals surface area contributed by atoms with Crippen LogP contribution in [0.4, 0.5) is 14.7 Å². The molecule has 0 bridgehead atoms. The predicted molar refractivity (Wildman–Crippen MR) is 145 cm³/mol. The van der Waals surface area contributed by atoms with Gasteiger partial charge in [0.1, 0.15) is 29.9 Å². The molecule has 0 aliphatic carbocycles. The number of hydrogen-bond acceptors (Lipinski definition) is 14. The summed E-state index contributed by atoms with van der Waals surface area (Å²) in [6.45, 7) is -1.68. The van der Waals surface area contributed by atoms with Crippen LogP contribution in [0.25, 0.3) is 22.2 Å². The van der Waals surface area contributed by atoms with E-state index in [9.17, 15) is 33.1 Å². The molecule has 8 N–H and O–H groups in total. The summed E-state index contributed by atoms with van der Waals surface area (Å²) < 4.78 is 81.7. The maximum Gasteiger partial charge on any atom is 0.472 e. The smallest absolute Gasteiger partial charge is 0.387 e. The largest absolute Gasteiger partial charge is 0.472 e. The number of alkyl halides is 1. The minimum atomic E-state index is -5.21. The van der Waals surface area contributed by atoms with Crippen molar-refractivity contribution in [2.24, 2.45) is 0 Å². The average Bonchev–Trinajstić information content (AvgIpc) is 3.71. The molecule has 8 atom stereocenters. The number of H-pyrrole nitrogens is 2. The Kier molecular flexibility index (Phi) is 8.44. The Bertz CT molecular complexity index is 2000. The Morgan fingerprint density at radius 2 is 1.83 bits per heavy atom. The molecule has 25 heteroatoms. The van der Waals surface area contributed by atoms with Crippen molar-refractivity contribution in [3.63, 3.8) is 0 Å². The van der Waals surface area contributed by atoms with E-state index in [1.807, 2.05) is 0 Å². The van der Waals surface area contributed by atoms with Gasteiger partial charge in [0.2, 0.25) is 5.95 Å². The van der Waals surface area contributed by atoms with Crippen molar-refractivity contribution in [2.45, 2.75) is 49.5 Å². The highest BCUT2D eigenvalue weighted by Gasteiger charge is 2.50. The maximum absolute atomic E-state index is 15.0. The fraction of sp³-hybridized carbons (Fsp3) is 0.476. The molecule has 0 spiro atoms. The number of aliphatic hydroxyl groups excluding tert-OH is 1. The van der Waals surface area contributed by atoms with Gasteiger partial charge in [-0.05, 0) is 0 Å². The number of phosphoric ester groups is 2. The van der Waals surface area contributed by atoms with Crippen LogP contribution in [-0.2, 0) is 32.2 Å². The van der Waals surface area contributed by atoms with E-state index < -0.39 is 94.2 Å². The monoisotopic (exact) mass is 696 g/mol. The minimum absolute atomic E-state index is 0.0735. The summed E-state index contributed by atoms with van der Waals surface area (Å²) >= 11 is 0. The number of hydrogen-bond donors (Lipinski definition) is 7. The molecular formula is C21H24F2N8O13P2. The summed E-state index contributed by atoms with van der Waals surface area (Å²) in [4.78, 5) is 69.0. The van der Waals surface area contributed by atoms with E-state index in [0.717, 1.165) is 28.0 Å². The van der Waals surface area contributed by atoms with Crippen LogP contribution in [0.2, 0.25) is 0 Å². The molecular weight excluding hydrogens is 672 g/mol. The van der Waals surface area contributed by atoms with Crippen LogP contribution in [0, 0.1) is 5.82 Å². The third kappa shape index (κ3) is 6.27. The fourth-order valence-electron chi connectivity index (χ4n) is 5.15. The number of halogens is 2. The quantitative estimate of drug-likeness (QED) is 0.0986. The summed E-state index contributed by atoms with van der Waals surface area (Å²) in [7, 11) is -10.3. The number of nitrogen functional groups attached to an aromatic ring is 1. The van der Waals surface area contributed by atoms with Gasteiger partial charge >= 0.3 is 15.6 Å². The molecule has 46 heavy (non-hydrogen) atoms. The van der Waals surface area contributed by atoms with Crippen molar-refractivity contribution in [2.75, 3.05) is 18.9 Å². The number of fused-ring (bicyclic) bond motifs is 2. The fourth-order valence-corrected chi connectivity index (χ4v) is 6.44. The van der Waals surface area contributed by atoms with E-state index in [0.29, 0.717) is 0 Å². The molecule has 0 aromatic carbocycles. The van der Waals surface area contributed by atoms with Crippen molar-refractivity contribution < 1.29 is 60.7 Å². The number of imidazole rings is 1. The molecule has 2 saturated heterocycles. The van der Waals surface area contributed by atoms with E-state index in [4.69, 9.17) is 34.0 Å². The topological polar surface area (TPSA) is 301 Å². The Morgan fingerprint density at radius 3 is 2.57 bits per heavy atom. The van der Waals surface area contributed by atoms with Gasteiger partial charge in [0, 0.05) is 12.6 Å². The number of anilines is 1. The summed E-state index contributed by atoms with van der Waals surface area (Å²) in [5, 5.41) is 10.3. The van der Waals surface area contributed by atoms with Crippen LogP contribution in [0.1, 0.15) is 18.9 Å². The van der Waals surface area contributed by atoms with Crippen LogP contribution < -0.4 is 16.9 Å². The summed E-state index contributed by atoms with van der Waals surface area (Å²) in [5.41, 5.74) is 3.48. The minimum Gasteiger partial charge on any atom is -0.387 e. The van der Waals surface area contributed by atoms with Crippen LogP contribution in [0.5, 0.6) is 0 Å². The molecule has 2 aliphatic rings. The van der Waals surface area contributed by atoms with Crippen molar-refractivity contribution in [3.8, 4) is 0 Å². The van der Waals surface area contributed by atoms with Gasteiger partial charge < -0.3 is 44.5 Å². The number of nitrogens with two attached hydrogens (primary N) is 1. The zero-order valence-corrected chi connectivity index (χ0v) is 24.6. The molecule has 6 heterocycles. The molecule has 0 amide bonds. The van der Waals surface area contributed by atoms with Gasteiger partial charge in [0.05, 0.1) is 32.0 Å². The average molecular weight is 696 g/mol. The third-order valence-electron chi connectivity index (χ3n) is 7.10. The van der Waals surface area contributed by atoms with Gasteiger partial charge in [-0.3, -0.25) is 32.7 Å². The molecule has 250 valence electrons. The van der Waals surface area contributed by atoms with Gasteiger partial charge in [-0.2, -0.15) is 4.98 Å². The second-order valence-corrected chi connectivity index (χ2v) is 12.8. The van der Waals surface area contributed by atoms with Gasteiger partial charge in [-0.15, -0.1) is 0 Å². The van der Waals surface area contributed by atoms with E-state index in [1.54, 1.807) is 0 Å². The number of aromatic nitrogens is 7. The molecule has 6 rings (SSSR count). The lowest BCUT2D eigenvalue weighted by Gasteiger charge is -2.24. The summed E-state index contributed by atoms with van der Waals surface area (Å²) in [6, 6.07) is 0. The number of aliphatic hydroxyl groups is 1. The zero-order chi connectivity index (χ0) is 33.1. The highest BCUT2D eigenvalue weighted by atomic mass is 31.2. The SMILES string of the molecule is Nc1nc2c(ncn2[C@@H]2O[C@H](COP(=O)(O)O[C@@H]3[C@H](O)[C@@H](COP(=O)(O)O)O[C@H]3n3cc(F)c4c(=O)[nH]cnc43)C[C@H]2F)c(=O)[nH]1. The van der Waals surface area contributed by atoms with E-state index in [1.165, 1.54) is 0 Å². The lowest BCUT2D eigenvalue weighted by molar-refractivity contribution is -0.0550. The first-order valence-electron chi connectivity index (χ1n) is 13.1. The molecule has 4 aromatic rings.